The number of carbonyl (C=O) groups excluding carboxylic acids is 1. The van der Waals surface area contributed by atoms with Crippen LogP contribution < -0.4 is 10.9 Å². The van der Waals surface area contributed by atoms with Crippen LogP contribution >= 0.6 is 0 Å². The summed E-state index contributed by atoms with van der Waals surface area (Å²) in [5, 5.41) is 7.27. The van der Waals surface area contributed by atoms with Gasteiger partial charge in [0.05, 0.1) is 16.9 Å². The monoisotopic (exact) mass is 302 g/mol. The summed E-state index contributed by atoms with van der Waals surface area (Å²) < 4.78 is 3.08. The molecule has 2 heterocycles. The van der Waals surface area contributed by atoms with Gasteiger partial charge in [0.2, 0.25) is 0 Å². The number of nitrogens with zero attached hydrogens (tertiary/aromatic N) is 3. The minimum absolute atomic E-state index is 0.104. The Balaban J connectivity index is 2.39. The van der Waals surface area contributed by atoms with Crippen molar-refractivity contribution < 1.29 is 4.79 Å². The highest BCUT2D eigenvalue weighted by Crippen LogP contribution is 2.25. The molecule has 0 unspecified atom stereocenters. The van der Waals surface area contributed by atoms with Gasteiger partial charge in [0.25, 0.3) is 11.5 Å². The minimum Gasteiger partial charge on any atom is -0.320 e. The standard InChI is InChI=1S/C16H22N4O2/c1-10-7-13(21)19(5)9-12(10)17-15(22)11-8-20(6)18-14(11)16(2,3)4/h7-9H,1-6H3,(H,17,22). The normalized spacial score (nSPS) is 11.5. The lowest BCUT2D eigenvalue weighted by Gasteiger charge is -2.17. The summed E-state index contributed by atoms with van der Waals surface area (Å²) >= 11 is 0. The van der Waals surface area contributed by atoms with E-state index in [1.54, 1.807) is 38.1 Å². The first-order valence-corrected chi connectivity index (χ1v) is 7.12. The Morgan fingerprint density at radius 3 is 2.45 bits per heavy atom. The second-order valence-corrected chi connectivity index (χ2v) is 6.59. The molecular weight excluding hydrogens is 280 g/mol. The Morgan fingerprint density at radius 2 is 1.86 bits per heavy atom. The molecule has 2 aromatic heterocycles. The summed E-state index contributed by atoms with van der Waals surface area (Å²) in [6.45, 7) is 7.85. The SMILES string of the molecule is Cc1cc(=O)n(C)cc1NC(=O)c1cn(C)nc1C(C)(C)C. The Kier molecular flexibility index (Phi) is 3.96. The van der Waals surface area contributed by atoms with Crippen molar-refractivity contribution in [3.8, 4) is 0 Å². The Morgan fingerprint density at radius 1 is 1.23 bits per heavy atom. The summed E-state index contributed by atoms with van der Waals surface area (Å²) in [6, 6.07) is 1.50. The van der Waals surface area contributed by atoms with Crippen LogP contribution in [0.1, 0.15) is 42.4 Å². The molecule has 0 spiro atoms. The van der Waals surface area contributed by atoms with Crippen molar-refractivity contribution in [3.63, 3.8) is 0 Å². The molecule has 0 aliphatic carbocycles. The molecule has 0 aliphatic heterocycles. The lowest BCUT2D eigenvalue weighted by Crippen LogP contribution is -2.22. The van der Waals surface area contributed by atoms with Crippen molar-refractivity contribution in [1.82, 2.24) is 14.3 Å². The Bertz CT molecular complexity index is 778. The van der Waals surface area contributed by atoms with Gasteiger partial charge in [0.15, 0.2) is 0 Å². The maximum Gasteiger partial charge on any atom is 0.259 e. The number of carbonyl (C=O) groups is 1. The molecule has 0 bridgehead atoms. The van der Waals surface area contributed by atoms with Crippen molar-refractivity contribution in [2.75, 3.05) is 5.32 Å². The molecule has 0 aliphatic rings. The number of aromatic nitrogens is 3. The predicted octanol–water partition coefficient (Wildman–Crippen LogP) is 1.98. The van der Waals surface area contributed by atoms with Crippen molar-refractivity contribution in [2.24, 2.45) is 14.1 Å². The highest BCUT2D eigenvalue weighted by Gasteiger charge is 2.26. The topological polar surface area (TPSA) is 68.9 Å². The van der Waals surface area contributed by atoms with E-state index in [1.165, 1.54) is 10.6 Å². The van der Waals surface area contributed by atoms with E-state index in [0.29, 0.717) is 11.3 Å². The molecule has 1 N–H and O–H groups in total. The van der Waals surface area contributed by atoms with Crippen molar-refractivity contribution >= 4 is 11.6 Å². The molecule has 0 saturated heterocycles. The van der Waals surface area contributed by atoms with Crippen LogP contribution in [-0.2, 0) is 19.5 Å². The van der Waals surface area contributed by atoms with E-state index in [9.17, 15) is 9.59 Å². The van der Waals surface area contributed by atoms with Gasteiger partial charge in [0.1, 0.15) is 0 Å². The number of hydrogen-bond donors (Lipinski definition) is 1. The first-order valence-electron chi connectivity index (χ1n) is 7.12. The van der Waals surface area contributed by atoms with Gasteiger partial charge in [-0.05, 0) is 12.5 Å². The second-order valence-electron chi connectivity index (χ2n) is 6.59. The zero-order valence-electron chi connectivity index (χ0n) is 13.9. The number of aryl methyl sites for hydroxylation is 3. The zero-order valence-corrected chi connectivity index (χ0v) is 13.9. The third-order valence-electron chi connectivity index (χ3n) is 3.47. The third-order valence-corrected chi connectivity index (χ3v) is 3.47. The first kappa shape index (κ1) is 16.0. The quantitative estimate of drug-likeness (QED) is 0.922. The number of amides is 1. The van der Waals surface area contributed by atoms with Gasteiger partial charge in [-0.1, -0.05) is 20.8 Å². The highest BCUT2D eigenvalue weighted by atomic mass is 16.2. The molecule has 6 nitrogen and oxygen atoms in total. The van der Waals surface area contributed by atoms with Crippen LogP contribution in [0.4, 0.5) is 5.69 Å². The highest BCUT2D eigenvalue weighted by molar-refractivity contribution is 6.05. The number of pyridine rings is 1. The average molecular weight is 302 g/mol. The van der Waals surface area contributed by atoms with E-state index in [4.69, 9.17) is 0 Å². The largest absolute Gasteiger partial charge is 0.320 e. The predicted molar refractivity (Wildman–Crippen MR) is 86.3 cm³/mol. The molecule has 118 valence electrons. The first-order chi connectivity index (χ1) is 10.1. The maximum atomic E-state index is 12.6. The molecule has 6 heteroatoms. The van der Waals surface area contributed by atoms with E-state index >= 15 is 0 Å². The summed E-state index contributed by atoms with van der Waals surface area (Å²) in [7, 11) is 3.45. The number of nitrogens with one attached hydrogen (secondary N) is 1. The number of rotatable bonds is 2. The van der Waals surface area contributed by atoms with E-state index in [-0.39, 0.29) is 16.9 Å². The van der Waals surface area contributed by atoms with Crippen LogP contribution in [0.5, 0.6) is 0 Å². The number of anilines is 1. The molecule has 1 amide bonds. The molecular formula is C16H22N4O2. The zero-order chi connectivity index (χ0) is 16.7. The molecule has 22 heavy (non-hydrogen) atoms. The van der Waals surface area contributed by atoms with E-state index in [0.717, 1.165) is 11.3 Å². The van der Waals surface area contributed by atoms with E-state index < -0.39 is 0 Å². The van der Waals surface area contributed by atoms with Gasteiger partial charge in [-0.3, -0.25) is 14.3 Å². The maximum absolute atomic E-state index is 12.6. The van der Waals surface area contributed by atoms with Crippen LogP contribution in [0.2, 0.25) is 0 Å². The molecule has 0 aromatic carbocycles. The van der Waals surface area contributed by atoms with Crippen molar-refractivity contribution in [1.29, 1.82) is 0 Å². The van der Waals surface area contributed by atoms with E-state index in [2.05, 4.69) is 10.4 Å². The fourth-order valence-electron chi connectivity index (χ4n) is 2.25. The van der Waals surface area contributed by atoms with Crippen LogP contribution in [0.15, 0.2) is 23.3 Å². The van der Waals surface area contributed by atoms with E-state index in [1.807, 2.05) is 20.8 Å². The molecule has 0 fully saturated rings. The minimum atomic E-state index is -0.230. The molecule has 2 rings (SSSR count). The molecule has 0 radical (unpaired) electrons. The van der Waals surface area contributed by atoms with Gasteiger partial charge in [-0.15, -0.1) is 0 Å². The fourth-order valence-corrected chi connectivity index (χ4v) is 2.25. The van der Waals surface area contributed by atoms with Gasteiger partial charge in [0, 0.05) is 38.0 Å². The van der Waals surface area contributed by atoms with Crippen LogP contribution in [0, 0.1) is 6.92 Å². The number of hydrogen-bond acceptors (Lipinski definition) is 3. The van der Waals surface area contributed by atoms with Crippen molar-refractivity contribution in [3.05, 3.63) is 45.6 Å². The summed E-state index contributed by atoms with van der Waals surface area (Å²) in [5.74, 6) is -0.222. The van der Waals surface area contributed by atoms with Gasteiger partial charge in [-0.2, -0.15) is 5.10 Å². The van der Waals surface area contributed by atoms with Crippen molar-refractivity contribution in [2.45, 2.75) is 33.1 Å². The van der Waals surface area contributed by atoms with Gasteiger partial charge >= 0.3 is 0 Å². The third kappa shape index (κ3) is 3.10. The summed E-state index contributed by atoms with van der Waals surface area (Å²) in [5.41, 5.74) is 2.31. The van der Waals surface area contributed by atoms with Gasteiger partial charge in [-0.25, -0.2) is 0 Å². The Hall–Kier alpha value is -2.37. The smallest absolute Gasteiger partial charge is 0.259 e. The molecule has 2 aromatic rings. The van der Waals surface area contributed by atoms with Crippen LogP contribution in [0.3, 0.4) is 0 Å². The summed E-state index contributed by atoms with van der Waals surface area (Å²) in [4.78, 5) is 24.2. The second kappa shape index (κ2) is 5.44. The van der Waals surface area contributed by atoms with Gasteiger partial charge < -0.3 is 9.88 Å². The average Bonchev–Trinajstić information content (AvgIpc) is 2.78. The van der Waals surface area contributed by atoms with Crippen LogP contribution in [0.25, 0.3) is 0 Å². The summed E-state index contributed by atoms with van der Waals surface area (Å²) in [6.07, 6.45) is 3.34. The lowest BCUT2D eigenvalue weighted by molar-refractivity contribution is 0.102. The van der Waals surface area contributed by atoms with Crippen LogP contribution in [-0.4, -0.2) is 20.3 Å². The molecule has 0 atom stereocenters. The Labute approximate surface area is 129 Å². The fraction of sp³-hybridized carbons (Fsp3) is 0.438. The molecule has 0 saturated carbocycles. The lowest BCUT2D eigenvalue weighted by atomic mass is 9.89.